The van der Waals surface area contributed by atoms with Gasteiger partial charge in [-0.25, -0.2) is 22.7 Å². The number of alkyl carbamates (subject to hydrolysis) is 1. The van der Waals surface area contributed by atoms with Crippen LogP contribution in [-0.4, -0.2) is 38.6 Å². The SMILES string of the molecule is O=CC(NS(=O)(=O)CC(NC(=O)OCc1ccccc1)C(=O)OCc1ccccc1)c1ccccc1. The zero-order valence-corrected chi connectivity index (χ0v) is 20.1. The third-order valence-corrected chi connectivity index (χ3v) is 6.39. The van der Waals surface area contributed by atoms with Crippen LogP contribution in [0, 0.1) is 0 Å². The van der Waals surface area contributed by atoms with Crippen molar-refractivity contribution in [3.63, 3.8) is 0 Å². The van der Waals surface area contributed by atoms with Crippen molar-refractivity contribution < 1.29 is 32.3 Å². The summed E-state index contributed by atoms with van der Waals surface area (Å²) in [6, 6.07) is 23.1. The molecule has 0 aliphatic carbocycles. The second kappa shape index (κ2) is 13.2. The number of esters is 1. The zero-order chi connectivity index (χ0) is 25.8. The number of nitrogens with one attached hydrogen (secondary N) is 2. The number of ether oxygens (including phenoxy) is 2. The maximum Gasteiger partial charge on any atom is 0.408 e. The Morgan fingerprint density at radius 2 is 1.28 bits per heavy atom. The molecule has 0 aliphatic heterocycles. The Bertz CT molecular complexity index is 1240. The van der Waals surface area contributed by atoms with Crippen molar-refractivity contribution in [2.45, 2.75) is 25.3 Å². The molecule has 0 heterocycles. The van der Waals surface area contributed by atoms with Crippen LogP contribution < -0.4 is 10.0 Å². The Hall–Kier alpha value is -4.02. The lowest BCUT2D eigenvalue weighted by molar-refractivity contribution is -0.146. The summed E-state index contributed by atoms with van der Waals surface area (Å²) in [4.78, 5) is 36.7. The number of rotatable bonds is 12. The number of amides is 1. The van der Waals surface area contributed by atoms with Crippen LogP contribution in [0.5, 0.6) is 0 Å². The molecule has 10 heteroatoms. The normalized spacial score (nSPS) is 12.7. The van der Waals surface area contributed by atoms with Gasteiger partial charge in [0.15, 0.2) is 0 Å². The predicted octanol–water partition coefficient (Wildman–Crippen LogP) is 2.88. The summed E-state index contributed by atoms with van der Waals surface area (Å²) >= 11 is 0. The molecule has 3 rings (SSSR count). The number of carbonyl (C=O) groups is 3. The van der Waals surface area contributed by atoms with Gasteiger partial charge in [-0.1, -0.05) is 91.0 Å². The number of aldehydes is 1. The molecule has 3 aromatic carbocycles. The van der Waals surface area contributed by atoms with Crippen LogP contribution in [0.4, 0.5) is 4.79 Å². The monoisotopic (exact) mass is 510 g/mol. The molecule has 0 spiro atoms. The van der Waals surface area contributed by atoms with E-state index in [0.717, 1.165) is 0 Å². The highest BCUT2D eigenvalue weighted by atomic mass is 32.2. The molecule has 0 saturated heterocycles. The molecule has 9 nitrogen and oxygen atoms in total. The van der Waals surface area contributed by atoms with Crippen molar-refractivity contribution in [2.75, 3.05) is 5.75 Å². The van der Waals surface area contributed by atoms with E-state index in [1.54, 1.807) is 84.9 Å². The van der Waals surface area contributed by atoms with Crippen LogP contribution in [0.15, 0.2) is 91.0 Å². The average molecular weight is 511 g/mol. The molecule has 0 aromatic heterocycles. The molecule has 0 saturated carbocycles. The van der Waals surface area contributed by atoms with Crippen molar-refractivity contribution in [3.8, 4) is 0 Å². The van der Waals surface area contributed by atoms with Gasteiger partial charge in [0.25, 0.3) is 0 Å². The summed E-state index contributed by atoms with van der Waals surface area (Å²) in [6.45, 7) is -0.198. The Morgan fingerprint density at radius 1 is 0.778 bits per heavy atom. The van der Waals surface area contributed by atoms with Crippen LogP contribution in [0.2, 0.25) is 0 Å². The molecule has 2 unspecified atom stereocenters. The van der Waals surface area contributed by atoms with E-state index in [1.165, 1.54) is 0 Å². The zero-order valence-electron chi connectivity index (χ0n) is 19.3. The quantitative estimate of drug-likeness (QED) is 0.283. The number of benzene rings is 3. The van der Waals surface area contributed by atoms with E-state index in [0.29, 0.717) is 23.0 Å². The first-order valence-electron chi connectivity index (χ1n) is 11.0. The lowest BCUT2D eigenvalue weighted by Crippen LogP contribution is -2.49. The molecule has 0 radical (unpaired) electrons. The third-order valence-electron chi connectivity index (χ3n) is 5.00. The lowest BCUT2D eigenvalue weighted by Gasteiger charge is -2.20. The van der Waals surface area contributed by atoms with E-state index in [1.807, 2.05) is 6.07 Å². The van der Waals surface area contributed by atoms with E-state index in [-0.39, 0.29) is 13.2 Å². The van der Waals surface area contributed by atoms with Crippen molar-refractivity contribution in [1.82, 2.24) is 10.0 Å². The largest absolute Gasteiger partial charge is 0.459 e. The molecular weight excluding hydrogens is 484 g/mol. The van der Waals surface area contributed by atoms with Gasteiger partial charge in [0.1, 0.15) is 31.6 Å². The van der Waals surface area contributed by atoms with Gasteiger partial charge >= 0.3 is 12.1 Å². The van der Waals surface area contributed by atoms with E-state index in [4.69, 9.17) is 9.47 Å². The summed E-state index contributed by atoms with van der Waals surface area (Å²) in [5.74, 6) is -1.83. The smallest absolute Gasteiger partial charge is 0.408 e. The van der Waals surface area contributed by atoms with E-state index in [9.17, 15) is 22.8 Å². The molecule has 0 bridgehead atoms. The fraction of sp³-hybridized carbons (Fsp3) is 0.192. The van der Waals surface area contributed by atoms with Crippen LogP contribution in [-0.2, 0) is 42.3 Å². The van der Waals surface area contributed by atoms with Gasteiger partial charge in [0, 0.05) is 0 Å². The molecular formula is C26H26N2O7S. The Kier molecular flexibility index (Phi) is 9.73. The molecule has 2 atom stereocenters. The van der Waals surface area contributed by atoms with Crippen molar-refractivity contribution in [1.29, 1.82) is 0 Å². The maximum atomic E-state index is 12.9. The molecule has 0 fully saturated rings. The molecule has 3 aromatic rings. The highest BCUT2D eigenvalue weighted by Crippen LogP contribution is 2.12. The number of hydrogen-bond acceptors (Lipinski definition) is 7. The van der Waals surface area contributed by atoms with Crippen LogP contribution in [0.25, 0.3) is 0 Å². The number of sulfonamides is 1. The summed E-state index contributed by atoms with van der Waals surface area (Å²) in [6.07, 6.45) is -0.553. The van der Waals surface area contributed by atoms with Gasteiger partial charge in [-0.3, -0.25) is 0 Å². The third kappa shape index (κ3) is 8.64. The average Bonchev–Trinajstić information content (AvgIpc) is 2.90. The fourth-order valence-electron chi connectivity index (χ4n) is 3.20. The van der Waals surface area contributed by atoms with Gasteiger partial charge in [-0.15, -0.1) is 0 Å². The minimum atomic E-state index is -4.23. The first-order chi connectivity index (χ1) is 17.4. The summed E-state index contributed by atoms with van der Waals surface area (Å²) < 4.78 is 38.3. The highest BCUT2D eigenvalue weighted by Gasteiger charge is 2.31. The summed E-state index contributed by atoms with van der Waals surface area (Å²) in [7, 11) is -4.23. The fourth-order valence-corrected chi connectivity index (χ4v) is 4.53. The summed E-state index contributed by atoms with van der Waals surface area (Å²) in [5, 5.41) is 2.27. The summed E-state index contributed by atoms with van der Waals surface area (Å²) in [5.41, 5.74) is 1.82. The van der Waals surface area contributed by atoms with Crippen molar-refractivity contribution in [2.24, 2.45) is 0 Å². The molecule has 188 valence electrons. The molecule has 0 aliphatic rings. The van der Waals surface area contributed by atoms with Crippen LogP contribution in [0.3, 0.4) is 0 Å². The van der Waals surface area contributed by atoms with Gasteiger partial charge in [0.05, 0.1) is 5.75 Å². The molecule has 36 heavy (non-hydrogen) atoms. The van der Waals surface area contributed by atoms with Gasteiger partial charge in [-0.2, -0.15) is 0 Å². The minimum Gasteiger partial charge on any atom is -0.459 e. The predicted molar refractivity (Wildman–Crippen MR) is 132 cm³/mol. The standard InChI is InChI=1S/C26H26N2O7S/c29-16-23(22-14-8-3-9-15-22)28-36(32,33)19-24(25(30)34-17-20-10-4-1-5-11-20)27-26(31)35-18-21-12-6-2-7-13-21/h1-16,23-24,28H,17-19H2,(H,27,31). The minimum absolute atomic E-state index is 0.0787. The topological polar surface area (TPSA) is 128 Å². The van der Waals surface area contributed by atoms with Gasteiger partial charge in [0.2, 0.25) is 10.0 Å². The maximum absolute atomic E-state index is 12.9. The second-order valence-corrected chi connectivity index (χ2v) is 9.57. The number of carbonyl (C=O) groups excluding carboxylic acids is 3. The Morgan fingerprint density at radius 3 is 1.81 bits per heavy atom. The first kappa shape index (κ1) is 26.6. The lowest BCUT2D eigenvalue weighted by atomic mass is 10.1. The second-order valence-electron chi connectivity index (χ2n) is 7.78. The molecule has 2 N–H and O–H groups in total. The van der Waals surface area contributed by atoms with Crippen LogP contribution in [0.1, 0.15) is 22.7 Å². The van der Waals surface area contributed by atoms with Gasteiger partial charge in [-0.05, 0) is 16.7 Å². The highest BCUT2D eigenvalue weighted by molar-refractivity contribution is 7.89. The van der Waals surface area contributed by atoms with E-state index in [2.05, 4.69) is 10.0 Å². The Labute approximate surface area is 209 Å². The number of hydrogen-bond donors (Lipinski definition) is 2. The first-order valence-corrected chi connectivity index (χ1v) is 12.7. The van der Waals surface area contributed by atoms with Gasteiger partial charge < -0.3 is 19.6 Å². The Balaban J connectivity index is 1.69. The van der Waals surface area contributed by atoms with E-state index < -0.39 is 39.9 Å². The van der Waals surface area contributed by atoms with Crippen molar-refractivity contribution in [3.05, 3.63) is 108 Å². The molecule has 1 amide bonds. The van der Waals surface area contributed by atoms with Crippen molar-refractivity contribution >= 4 is 28.4 Å². The van der Waals surface area contributed by atoms with Crippen LogP contribution >= 0.6 is 0 Å². The van der Waals surface area contributed by atoms with E-state index >= 15 is 0 Å².